The lowest BCUT2D eigenvalue weighted by Crippen LogP contribution is -2.22. The normalized spacial score (nSPS) is 12.2. The Labute approximate surface area is 155 Å². The fraction of sp³-hybridized carbons (Fsp3) is 0.250. The molecule has 25 heavy (non-hydrogen) atoms. The van der Waals surface area contributed by atoms with E-state index in [0.717, 1.165) is 15.9 Å². The fourth-order valence-electron chi connectivity index (χ4n) is 3.69. The molecule has 0 nitrogen and oxygen atoms in total. The molecule has 0 saturated carbocycles. The molecule has 128 valence electrons. The minimum absolute atomic E-state index is 1.14. The maximum Gasteiger partial charge on any atom is 0.286 e. The Hall–Kier alpha value is -1.91. The molecule has 0 fully saturated rings. The molecule has 0 bridgehead atoms. The van der Waals surface area contributed by atoms with Crippen molar-refractivity contribution in [3.63, 3.8) is 0 Å². The zero-order valence-corrected chi connectivity index (χ0v) is 17.0. The predicted octanol–water partition coefficient (Wildman–Crippen LogP) is 5.03. The van der Waals surface area contributed by atoms with Crippen molar-refractivity contribution >= 4 is 23.8 Å². The summed E-state index contributed by atoms with van der Waals surface area (Å²) >= 11 is 0. The Morgan fingerprint density at radius 1 is 0.440 bits per heavy atom. The van der Waals surface area contributed by atoms with Crippen molar-refractivity contribution in [1.82, 2.24) is 0 Å². The standard InChI is InChI=1S/C24H27P/c1-16-7-17(2)11-22(10-16)25(23-12-18(3)8-19(4)13-23)24-14-20(5)9-21(6)15-24/h7-15H,1-6H3/p+1/i/hD. The van der Waals surface area contributed by atoms with Crippen molar-refractivity contribution in [3.8, 4) is 0 Å². The highest BCUT2D eigenvalue weighted by Crippen LogP contribution is 2.34. The molecule has 3 rings (SSSR count). The van der Waals surface area contributed by atoms with Gasteiger partial charge in [-0.1, -0.05) is 18.2 Å². The third kappa shape index (κ3) is 4.20. The maximum absolute atomic E-state index is 9.83. The van der Waals surface area contributed by atoms with Crippen LogP contribution in [0.2, 0.25) is 0 Å². The number of hydrogen-bond acceptors (Lipinski definition) is 0. The number of rotatable bonds is 3. The van der Waals surface area contributed by atoms with Crippen LogP contribution in [0.1, 0.15) is 33.4 Å². The van der Waals surface area contributed by atoms with Crippen molar-refractivity contribution in [3.05, 3.63) is 88.0 Å². The van der Waals surface area contributed by atoms with Gasteiger partial charge in [0.25, 0.3) is 1.28 Å². The van der Waals surface area contributed by atoms with Crippen LogP contribution >= 0.6 is 7.87 Å². The summed E-state index contributed by atoms with van der Waals surface area (Å²) in [4.78, 5) is 0. The Balaban J connectivity index is 2.38. The van der Waals surface area contributed by atoms with E-state index in [1.165, 1.54) is 33.4 Å². The van der Waals surface area contributed by atoms with E-state index in [1.54, 1.807) is 0 Å². The van der Waals surface area contributed by atoms with Crippen LogP contribution in [0.25, 0.3) is 0 Å². The molecule has 1 heteroatoms. The van der Waals surface area contributed by atoms with Crippen LogP contribution in [0.15, 0.2) is 54.6 Å². The zero-order chi connectivity index (χ0) is 19.1. The Morgan fingerprint density at radius 3 is 0.840 bits per heavy atom. The van der Waals surface area contributed by atoms with Gasteiger partial charge in [0.2, 0.25) is 0 Å². The molecule has 0 aliphatic heterocycles. The van der Waals surface area contributed by atoms with Gasteiger partial charge in [-0.2, -0.15) is 0 Å². The molecule has 0 amide bonds. The second-order valence-electron chi connectivity index (χ2n) is 7.37. The van der Waals surface area contributed by atoms with E-state index in [9.17, 15) is 1.28 Å². The number of aryl methyl sites for hydroxylation is 6. The summed E-state index contributed by atoms with van der Waals surface area (Å²) in [6, 6.07) is 19.8. The van der Waals surface area contributed by atoms with Crippen LogP contribution in [0, 0.1) is 41.5 Å². The molecule has 0 heterocycles. The average Bonchev–Trinajstić information content (AvgIpc) is 2.51. The summed E-state index contributed by atoms with van der Waals surface area (Å²) in [6.07, 6.45) is 0. The molecule has 0 unspecified atom stereocenters. The fourth-order valence-corrected chi connectivity index (χ4v) is 6.58. The van der Waals surface area contributed by atoms with Gasteiger partial charge in [0, 0.05) is 0 Å². The van der Waals surface area contributed by atoms with Gasteiger partial charge in [0.1, 0.15) is 15.9 Å². The third-order valence-corrected chi connectivity index (χ3v) is 6.72. The van der Waals surface area contributed by atoms with Crippen molar-refractivity contribution < 1.29 is 0 Å². The summed E-state index contributed by atoms with van der Waals surface area (Å²) in [5.74, 6) is 0. The lowest BCUT2D eigenvalue weighted by atomic mass is 10.1. The molecule has 0 radical (unpaired) electrons. The second-order valence-corrected chi connectivity index (χ2v) is 9.59. The van der Waals surface area contributed by atoms with Gasteiger partial charge in [-0.15, -0.1) is 0 Å². The summed E-state index contributed by atoms with van der Waals surface area (Å²) in [5.41, 5.74) is 7.36. The molecule has 0 spiro atoms. The van der Waals surface area contributed by atoms with E-state index in [-0.39, 0.29) is 0 Å². The molecular weight excluding hydrogens is 319 g/mol. The van der Waals surface area contributed by atoms with Crippen LogP contribution in [0.5, 0.6) is 0 Å². The molecule has 0 N–H and O–H groups in total. The molecule has 3 aromatic rings. The molecule has 0 aliphatic rings. The van der Waals surface area contributed by atoms with E-state index in [4.69, 9.17) is 0 Å². The molecule has 0 atom stereocenters. The van der Waals surface area contributed by atoms with Crippen LogP contribution in [-0.4, -0.2) is 1.28 Å². The first kappa shape index (κ1) is 16.6. The summed E-state index contributed by atoms with van der Waals surface area (Å²) in [5, 5.41) is 3.43. The topological polar surface area (TPSA) is 0 Å². The van der Waals surface area contributed by atoms with Crippen LogP contribution in [-0.2, 0) is 0 Å². The third-order valence-electron chi connectivity index (χ3n) is 4.39. The first-order valence-electron chi connectivity index (χ1n) is 9.31. The smallest absolute Gasteiger partial charge is 0.0561 e. The lowest BCUT2D eigenvalue weighted by molar-refractivity contribution is 1.39. The Morgan fingerprint density at radius 2 is 0.640 bits per heavy atom. The maximum atomic E-state index is 9.83. The summed E-state index contributed by atoms with van der Waals surface area (Å²) in [6.45, 7) is 12.8. The Bertz CT molecular complexity index is 786. The van der Waals surface area contributed by atoms with Crippen molar-refractivity contribution in [2.75, 3.05) is 0 Å². The summed E-state index contributed by atoms with van der Waals surface area (Å²) in [7, 11) is -2.44. The van der Waals surface area contributed by atoms with Gasteiger partial charge >= 0.3 is 0 Å². The van der Waals surface area contributed by atoms with E-state index in [2.05, 4.69) is 96.1 Å². The quantitative estimate of drug-likeness (QED) is 0.583. The molecule has 0 aromatic heterocycles. The molecule has 0 saturated heterocycles. The first-order valence-corrected chi connectivity index (χ1v) is 10.2. The van der Waals surface area contributed by atoms with Crippen LogP contribution in [0.3, 0.4) is 0 Å². The van der Waals surface area contributed by atoms with Gasteiger partial charge in [0.05, 0.1) is 7.87 Å². The van der Waals surface area contributed by atoms with E-state index in [0.29, 0.717) is 0 Å². The minimum atomic E-state index is -2.44. The lowest BCUT2D eigenvalue weighted by Gasteiger charge is -2.15. The van der Waals surface area contributed by atoms with Gasteiger partial charge in [0.15, 0.2) is 0 Å². The van der Waals surface area contributed by atoms with Gasteiger partial charge in [-0.05, 0) is 111 Å². The summed E-state index contributed by atoms with van der Waals surface area (Å²) < 4.78 is 9.83. The van der Waals surface area contributed by atoms with E-state index >= 15 is 0 Å². The highest BCUT2D eigenvalue weighted by molar-refractivity contribution is 7.79. The van der Waals surface area contributed by atoms with Crippen LogP contribution < -0.4 is 15.9 Å². The average molecular weight is 348 g/mol. The highest BCUT2D eigenvalue weighted by Gasteiger charge is 2.27. The molecule has 3 aromatic carbocycles. The zero-order valence-electron chi connectivity index (χ0n) is 17.1. The van der Waals surface area contributed by atoms with Crippen molar-refractivity contribution in [2.24, 2.45) is 0 Å². The second kappa shape index (κ2) is 7.14. The molecule has 0 aliphatic carbocycles. The van der Waals surface area contributed by atoms with Gasteiger partial charge in [-0.3, -0.25) is 0 Å². The molecular formula is C24H28P+. The first-order chi connectivity index (χ1) is 12.2. The highest BCUT2D eigenvalue weighted by atomic mass is 31.1. The number of benzene rings is 3. The van der Waals surface area contributed by atoms with Gasteiger partial charge < -0.3 is 0 Å². The van der Waals surface area contributed by atoms with Crippen molar-refractivity contribution in [2.45, 2.75) is 41.5 Å². The largest absolute Gasteiger partial charge is 0.286 e. The SMILES string of the molecule is [2H][P+](c1cc(C)cc(C)c1)(c1cc(C)cc(C)c1)c1cc(C)cc(C)c1. The minimum Gasteiger partial charge on any atom is -0.0561 e. The van der Waals surface area contributed by atoms with Crippen LogP contribution in [0.4, 0.5) is 0 Å². The van der Waals surface area contributed by atoms with Crippen molar-refractivity contribution in [1.29, 1.82) is 1.28 Å². The van der Waals surface area contributed by atoms with E-state index < -0.39 is 7.87 Å². The van der Waals surface area contributed by atoms with Gasteiger partial charge in [-0.25, -0.2) is 0 Å². The van der Waals surface area contributed by atoms with E-state index in [1.807, 2.05) is 0 Å². The number of hydrogen-bond donors (Lipinski definition) is 0. The monoisotopic (exact) mass is 348 g/mol. The predicted molar refractivity (Wildman–Crippen MR) is 115 cm³/mol. The Kier molecular flexibility index (Phi) is 4.73.